The van der Waals surface area contributed by atoms with E-state index in [2.05, 4.69) is 4.90 Å². The SMILES string of the molecule is C[C@@H](CC(=O)O[C@H](C(=O)OC1=CC[C@@]2(O)[C@H]3Cc4ccc(O)c5c4[C@@]2(CCCN3C)[C@H]1O5)c1ccccc1)C(=O)O. The number of carboxylic acids is 1. The molecule has 0 unspecified atom stereocenters. The molecule has 2 aliphatic carbocycles. The van der Waals surface area contributed by atoms with E-state index in [0.717, 1.165) is 24.1 Å². The van der Waals surface area contributed by atoms with Gasteiger partial charge in [0.25, 0.3) is 0 Å². The maximum absolute atomic E-state index is 13.7. The third-order valence-electron chi connectivity index (χ3n) is 9.26. The number of carboxylic acid groups (broad SMARTS) is 1. The van der Waals surface area contributed by atoms with Gasteiger partial charge in [0.1, 0.15) is 5.76 Å². The first-order valence-electron chi connectivity index (χ1n) is 13.9. The first-order chi connectivity index (χ1) is 19.6. The molecule has 216 valence electrons. The standard InChI is InChI=1S/C31H33NO9/c1-17(28(35)36)15-23(34)40-25(18-7-4-3-5-8-18)29(37)39-21-11-13-31(38)22-16-19-9-10-20(33)26-24(19)30(31,27(21)41-26)12-6-14-32(22)2/h3-5,7-11,17,22,25,27,33,38H,6,12-16H2,1-2H3,(H,35,36)/t17-,22+,25-,27-,30-,31+/m0/s1. The minimum absolute atomic E-state index is 0.0414. The highest BCUT2D eigenvalue weighted by molar-refractivity contribution is 5.83. The molecule has 0 amide bonds. The van der Waals surface area contributed by atoms with E-state index in [-0.39, 0.29) is 24.0 Å². The van der Waals surface area contributed by atoms with E-state index in [9.17, 15) is 29.7 Å². The first kappa shape index (κ1) is 27.3. The van der Waals surface area contributed by atoms with Gasteiger partial charge in [0.15, 0.2) is 17.6 Å². The summed E-state index contributed by atoms with van der Waals surface area (Å²) in [6.45, 7) is 2.15. The molecule has 10 nitrogen and oxygen atoms in total. The van der Waals surface area contributed by atoms with Gasteiger partial charge in [-0.05, 0) is 50.6 Å². The van der Waals surface area contributed by atoms with Crippen molar-refractivity contribution in [1.82, 2.24) is 4.90 Å². The Balaban J connectivity index is 1.36. The summed E-state index contributed by atoms with van der Waals surface area (Å²) in [5.41, 5.74) is -0.0657. The van der Waals surface area contributed by atoms with E-state index in [1.54, 1.807) is 42.5 Å². The normalized spacial score (nSPS) is 29.2. The number of likely N-dealkylation sites (tertiary alicyclic amines) is 1. The Morgan fingerprint density at radius 2 is 1.93 bits per heavy atom. The van der Waals surface area contributed by atoms with Crippen LogP contribution in [0, 0.1) is 5.92 Å². The fourth-order valence-electron chi connectivity index (χ4n) is 7.26. The maximum Gasteiger partial charge on any atom is 0.357 e. The van der Waals surface area contributed by atoms with Crippen molar-refractivity contribution in [3.05, 3.63) is 71.0 Å². The van der Waals surface area contributed by atoms with Crippen molar-refractivity contribution in [1.29, 1.82) is 0 Å². The minimum atomic E-state index is -1.45. The smallest absolute Gasteiger partial charge is 0.357 e. The van der Waals surface area contributed by atoms with Crippen molar-refractivity contribution in [2.45, 2.75) is 68.3 Å². The molecule has 3 N–H and O–H groups in total. The summed E-state index contributed by atoms with van der Waals surface area (Å²) in [4.78, 5) is 39.8. The number of hydrogen-bond acceptors (Lipinski definition) is 9. The lowest BCUT2D eigenvalue weighted by Gasteiger charge is -2.56. The topological polar surface area (TPSA) is 143 Å². The zero-order valence-corrected chi connectivity index (χ0v) is 22.9. The third kappa shape index (κ3) is 4.11. The summed E-state index contributed by atoms with van der Waals surface area (Å²) in [5, 5.41) is 32.4. The van der Waals surface area contributed by atoms with E-state index in [1.165, 1.54) is 6.92 Å². The number of rotatable bonds is 7. The molecular weight excluding hydrogens is 530 g/mol. The third-order valence-corrected chi connectivity index (χ3v) is 9.26. The van der Waals surface area contributed by atoms with Crippen LogP contribution in [0.4, 0.5) is 0 Å². The largest absolute Gasteiger partial charge is 0.504 e. The van der Waals surface area contributed by atoms with Crippen LogP contribution >= 0.6 is 0 Å². The number of aromatic hydroxyl groups is 1. The Hall–Kier alpha value is -3.89. The number of esters is 2. The molecule has 41 heavy (non-hydrogen) atoms. The fraction of sp³-hybridized carbons (Fsp3) is 0.452. The number of aliphatic hydroxyl groups is 1. The molecule has 1 saturated heterocycles. The van der Waals surface area contributed by atoms with Gasteiger partial charge in [-0.15, -0.1) is 0 Å². The number of nitrogens with zero attached hydrogens (tertiary/aromatic N) is 1. The number of carbonyl (C=O) groups excluding carboxylic acids is 2. The van der Waals surface area contributed by atoms with Gasteiger partial charge in [-0.25, -0.2) is 4.79 Å². The fourth-order valence-corrected chi connectivity index (χ4v) is 7.26. The molecule has 0 saturated carbocycles. The lowest BCUT2D eigenvalue weighted by atomic mass is 9.52. The quantitative estimate of drug-likeness (QED) is 0.430. The molecule has 1 spiro atoms. The number of hydrogen-bond donors (Lipinski definition) is 3. The lowest BCUT2D eigenvalue weighted by Crippen LogP contribution is -2.69. The van der Waals surface area contributed by atoms with Gasteiger partial charge in [0, 0.05) is 23.6 Å². The Morgan fingerprint density at radius 3 is 2.66 bits per heavy atom. The molecule has 2 aliphatic heterocycles. The van der Waals surface area contributed by atoms with Crippen molar-refractivity contribution in [3.63, 3.8) is 0 Å². The van der Waals surface area contributed by atoms with Gasteiger partial charge in [0.2, 0.25) is 6.10 Å². The van der Waals surface area contributed by atoms with Crippen LogP contribution in [0.3, 0.4) is 0 Å². The molecule has 6 atom stereocenters. The molecule has 0 radical (unpaired) electrons. The molecule has 6 rings (SSSR count). The van der Waals surface area contributed by atoms with E-state index in [0.29, 0.717) is 24.2 Å². The molecule has 10 heteroatoms. The van der Waals surface area contributed by atoms with Crippen LogP contribution in [0.25, 0.3) is 0 Å². The van der Waals surface area contributed by atoms with Crippen molar-refractivity contribution in [2.75, 3.05) is 13.6 Å². The highest BCUT2D eigenvalue weighted by Gasteiger charge is 2.71. The van der Waals surface area contributed by atoms with Gasteiger partial charge in [0.05, 0.1) is 23.4 Å². The number of likely N-dealkylation sites (N-methyl/N-ethyl adjacent to an activating group) is 1. The number of benzene rings is 2. The van der Waals surface area contributed by atoms with Crippen LogP contribution in [0.1, 0.15) is 55.4 Å². The molecule has 1 fully saturated rings. The monoisotopic (exact) mass is 563 g/mol. The van der Waals surface area contributed by atoms with Gasteiger partial charge < -0.3 is 34.4 Å². The highest BCUT2D eigenvalue weighted by Crippen LogP contribution is 2.65. The average molecular weight is 564 g/mol. The van der Waals surface area contributed by atoms with Gasteiger partial charge in [-0.2, -0.15) is 0 Å². The predicted octanol–water partition coefficient (Wildman–Crippen LogP) is 3.00. The number of carbonyl (C=O) groups is 3. The van der Waals surface area contributed by atoms with Crippen LogP contribution in [0.2, 0.25) is 0 Å². The van der Waals surface area contributed by atoms with Gasteiger partial charge in [-0.3, -0.25) is 9.59 Å². The lowest BCUT2D eigenvalue weighted by molar-refractivity contribution is -0.171. The Labute approximate surface area is 237 Å². The maximum atomic E-state index is 13.7. The minimum Gasteiger partial charge on any atom is -0.504 e. The molecule has 2 bridgehead atoms. The van der Waals surface area contributed by atoms with Crippen molar-refractivity contribution < 1.29 is 43.9 Å². The second-order valence-corrected chi connectivity index (χ2v) is 11.6. The van der Waals surface area contributed by atoms with Crippen LogP contribution in [-0.2, 0) is 35.7 Å². The van der Waals surface area contributed by atoms with Crippen molar-refractivity contribution in [3.8, 4) is 11.5 Å². The molecular formula is C31H33NO9. The molecule has 2 heterocycles. The summed E-state index contributed by atoms with van der Waals surface area (Å²) in [6.07, 6.45) is 1.02. The first-order valence-corrected chi connectivity index (χ1v) is 13.9. The number of ether oxygens (including phenoxy) is 3. The van der Waals surface area contributed by atoms with E-state index < -0.39 is 53.5 Å². The predicted molar refractivity (Wildman–Crippen MR) is 144 cm³/mol. The van der Waals surface area contributed by atoms with Gasteiger partial charge >= 0.3 is 17.9 Å². The summed E-state index contributed by atoms with van der Waals surface area (Å²) in [7, 11) is 2.00. The molecule has 2 aromatic rings. The summed E-state index contributed by atoms with van der Waals surface area (Å²) < 4.78 is 17.8. The molecule has 4 aliphatic rings. The second kappa shape index (κ2) is 9.88. The second-order valence-electron chi connectivity index (χ2n) is 11.6. The van der Waals surface area contributed by atoms with E-state index in [4.69, 9.17) is 14.2 Å². The van der Waals surface area contributed by atoms with E-state index >= 15 is 0 Å². The summed E-state index contributed by atoms with van der Waals surface area (Å²) in [5.74, 6) is -3.43. The highest BCUT2D eigenvalue weighted by atomic mass is 16.6. The number of phenolic OH excluding ortho intramolecular Hbond substituents is 1. The zero-order chi connectivity index (χ0) is 29.1. The zero-order valence-electron chi connectivity index (χ0n) is 22.9. The van der Waals surface area contributed by atoms with Crippen LogP contribution in [-0.4, -0.2) is 69.5 Å². The summed E-state index contributed by atoms with van der Waals surface area (Å²) >= 11 is 0. The van der Waals surface area contributed by atoms with Crippen LogP contribution < -0.4 is 4.74 Å². The van der Waals surface area contributed by atoms with E-state index in [1.807, 2.05) is 13.1 Å². The molecule has 0 aromatic heterocycles. The van der Waals surface area contributed by atoms with Crippen LogP contribution in [0.15, 0.2) is 54.3 Å². The number of phenols is 1. The number of aliphatic carboxylic acids is 1. The Kier molecular flexibility index (Phi) is 6.58. The molecule has 2 aromatic carbocycles. The van der Waals surface area contributed by atoms with Gasteiger partial charge in [-0.1, -0.05) is 43.3 Å². The Morgan fingerprint density at radius 1 is 1.17 bits per heavy atom. The Bertz CT molecular complexity index is 1440. The summed E-state index contributed by atoms with van der Waals surface area (Å²) in [6, 6.07) is 11.6. The van der Waals surface area contributed by atoms with Crippen molar-refractivity contribution >= 4 is 17.9 Å². The van der Waals surface area contributed by atoms with Crippen molar-refractivity contribution in [2.24, 2.45) is 5.92 Å². The average Bonchev–Trinajstić information content (AvgIpc) is 3.29. The van der Waals surface area contributed by atoms with Crippen LogP contribution in [0.5, 0.6) is 11.5 Å².